The highest BCUT2D eigenvalue weighted by atomic mass is 16.3. The number of hydrogen-bond donors (Lipinski definition) is 4. The molecule has 0 aromatic carbocycles. The number of allylic oxidation sites excluding steroid dienone is 1. The minimum absolute atomic E-state index is 0.0186. The summed E-state index contributed by atoms with van der Waals surface area (Å²) in [6.07, 6.45) is 44.9. The summed E-state index contributed by atoms with van der Waals surface area (Å²) < 4.78 is 0. The van der Waals surface area contributed by atoms with Gasteiger partial charge < -0.3 is 20.6 Å². The normalized spacial score (nSPS) is 13.7. The average Bonchev–Trinajstić information content (AvgIpc) is 3.08. The van der Waals surface area contributed by atoms with Gasteiger partial charge in [-0.1, -0.05) is 219 Å². The van der Waals surface area contributed by atoms with Crippen LogP contribution in [0.25, 0.3) is 0 Å². The second-order valence-corrected chi connectivity index (χ2v) is 15.0. The summed E-state index contributed by atoms with van der Waals surface area (Å²) >= 11 is 0. The molecule has 1 amide bonds. The van der Waals surface area contributed by atoms with Crippen molar-refractivity contribution in [1.29, 1.82) is 0 Å². The molecule has 5 nitrogen and oxygen atoms in total. The van der Waals surface area contributed by atoms with Crippen LogP contribution in [0.5, 0.6) is 0 Å². The van der Waals surface area contributed by atoms with Gasteiger partial charge in [-0.3, -0.25) is 4.79 Å². The van der Waals surface area contributed by atoms with Crippen molar-refractivity contribution in [2.75, 3.05) is 6.61 Å². The van der Waals surface area contributed by atoms with E-state index in [1.165, 1.54) is 180 Å². The van der Waals surface area contributed by atoms with Crippen LogP contribution >= 0.6 is 0 Å². The van der Waals surface area contributed by atoms with Crippen LogP contribution in [0.4, 0.5) is 0 Å². The van der Waals surface area contributed by atoms with Gasteiger partial charge in [0.1, 0.15) is 0 Å². The maximum atomic E-state index is 12.4. The number of rotatable bonds is 39. The molecule has 48 heavy (non-hydrogen) atoms. The van der Waals surface area contributed by atoms with Crippen molar-refractivity contribution in [1.82, 2.24) is 5.32 Å². The Morgan fingerprint density at radius 2 is 0.854 bits per heavy atom. The molecule has 3 unspecified atom stereocenters. The van der Waals surface area contributed by atoms with Gasteiger partial charge >= 0.3 is 0 Å². The minimum Gasteiger partial charge on any atom is -0.394 e. The third-order valence-corrected chi connectivity index (χ3v) is 10.1. The predicted octanol–water partition coefficient (Wildman–Crippen LogP) is 12.0. The Morgan fingerprint density at radius 1 is 0.521 bits per heavy atom. The SMILES string of the molecule is CCCCCCCCCCCCCCCCCC/C=C/C(O)C(CO)NC(=O)CC(O)CCCCCCCCCCCCCCCCC. The third kappa shape index (κ3) is 34.9. The van der Waals surface area contributed by atoms with Gasteiger partial charge in [0, 0.05) is 0 Å². The highest BCUT2D eigenvalue weighted by molar-refractivity contribution is 5.76. The Labute approximate surface area is 299 Å². The Bertz CT molecular complexity index is 669. The first-order valence-corrected chi connectivity index (χ1v) is 21.5. The molecule has 0 saturated carbocycles. The lowest BCUT2D eigenvalue weighted by atomic mass is 10.0. The Balaban J connectivity index is 3.65. The molecule has 0 radical (unpaired) electrons. The molecule has 0 saturated heterocycles. The fourth-order valence-corrected chi connectivity index (χ4v) is 6.75. The highest BCUT2D eigenvalue weighted by Gasteiger charge is 2.20. The topological polar surface area (TPSA) is 89.8 Å². The van der Waals surface area contributed by atoms with Crippen molar-refractivity contribution in [2.24, 2.45) is 0 Å². The molecule has 4 N–H and O–H groups in total. The lowest BCUT2D eigenvalue weighted by Crippen LogP contribution is -2.45. The Kier molecular flexibility index (Phi) is 38.1. The second-order valence-electron chi connectivity index (χ2n) is 15.0. The maximum absolute atomic E-state index is 12.4. The van der Waals surface area contributed by atoms with Crippen molar-refractivity contribution in [3.05, 3.63) is 12.2 Å². The molecule has 0 aliphatic heterocycles. The molecule has 0 bridgehead atoms. The molecule has 5 heteroatoms. The quantitative estimate of drug-likeness (QED) is 0.0384. The summed E-state index contributed by atoms with van der Waals surface area (Å²) in [5.74, 6) is -0.312. The lowest BCUT2D eigenvalue weighted by Gasteiger charge is -2.21. The highest BCUT2D eigenvalue weighted by Crippen LogP contribution is 2.16. The van der Waals surface area contributed by atoms with Gasteiger partial charge in [-0.25, -0.2) is 0 Å². The van der Waals surface area contributed by atoms with E-state index in [9.17, 15) is 20.1 Å². The molecule has 0 fully saturated rings. The van der Waals surface area contributed by atoms with E-state index in [0.717, 1.165) is 25.7 Å². The van der Waals surface area contributed by atoms with Crippen LogP contribution in [0.15, 0.2) is 12.2 Å². The van der Waals surface area contributed by atoms with Crippen LogP contribution in [0.1, 0.15) is 232 Å². The van der Waals surface area contributed by atoms with E-state index in [1.807, 2.05) is 6.08 Å². The minimum atomic E-state index is -0.923. The summed E-state index contributed by atoms with van der Waals surface area (Å²) in [6, 6.07) is -0.738. The fraction of sp³-hybridized carbons (Fsp3) is 0.930. The van der Waals surface area contributed by atoms with E-state index in [2.05, 4.69) is 19.2 Å². The van der Waals surface area contributed by atoms with Crippen molar-refractivity contribution < 1.29 is 20.1 Å². The zero-order valence-electron chi connectivity index (χ0n) is 32.4. The first-order valence-electron chi connectivity index (χ1n) is 21.5. The van der Waals surface area contributed by atoms with Gasteiger partial charge in [0.05, 0.1) is 31.3 Å². The van der Waals surface area contributed by atoms with Crippen LogP contribution in [0, 0.1) is 0 Å². The van der Waals surface area contributed by atoms with E-state index in [-0.39, 0.29) is 18.9 Å². The van der Waals surface area contributed by atoms with E-state index < -0.39 is 18.2 Å². The van der Waals surface area contributed by atoms with Gasteiger partial charge in [-0.2, -0.15) is 0 Å². The monoisotopic (exact) mass is 680 g/mol. The molecule has 3 atom stereocenters. The molecule has 0 aliphatic rings. The zero-order valence-corrected chi connectivity index (χ0v) is 32.4. The van der Waals surface area contributed by atoms with E-state index in [0.29, 0.717) is 6.42 Å². The molecule has 0 heterocycles. The number of carbonyl (C=O) groups excluding carboxylic acids is 1. The molecule has 0 rings (SSSR count). The fourth-order valence-electron chi connectivity index (χ4n) is 6.75. The van der Waals surface area contributed by atoms with Crippen LogP contribution in [-0.2, 0) is 4.79 Å². The molecule has 286 valence electrons. The molecule has 0 aromatic heterocycles. The average molecular weight is 680 g/mol. The van der Waals surface area contributed by atoms with E-state index >= 15 is 0 Å². The summed E-state index contributed by atoms with van der Waals surface area (Å²) in [5.41, 5.74) is 0. The second kappa shape index (κ2) is 38.9. The third-order valence-electron chi connectivity index (χ3n) is 10.1. The predicted molar refractivity (Wildman–Crippen MR) is 208 cm³/mol. The van der Waals surface area contributed by atoms with Gasteiger partial charge in [-0.15, -0.1) is 0 Å². The largest absolute Gasteiger partial charge is 0.394 e. The van der Waals surface area contributed by atoms with Crippen molar-refractivity contribution >= 4 is 5.91 Å². The smallest absolute Gasteiger partial charge is 0.222 e. The molecular weight excluding hydrogens is 594 g/mol. The summed E-state index contributed by atoms with van der Waals surface area (Å²) in [6.45, 7) is 4.22. The van der Waals surface area contributed by atoms with Crippen LogP contribution in [0.2, 0.25) is 0 Å². The van der Waals surface area contributed by atoms with Crippen molar-refractivity contribution in [2.45, 2.75) is 250 Å². The van der Waals surface area contributed by atoms with Gasteiger partial charge in [0.2, 0.25) is 5.91 Å². The molecule has 0 aromatic rings. The number of hydrogen-bond acceptors (Lipinski definition) is 4. The number of carbonyl (C=O) groups is 1. The van der Waals surface area contributed by atoms with Gasteiger partial charge in [0.25, 0.3) is 0 Å². The number of unbranched alkanes of at least 4 members (excludes halogenated alkanes) is 30. The molecular formula is C43H85NO4. The van der Waals surface area contributed by atoms with Crippen molar-refractivity contribution in [3.63, 3.8) is 0 Å². The zero-order chi connectivity index (χ0) is 35.2. The summed E-state index contributed by atoms with van der Waals surface area (Å²) in [4.78, 5) is 12.4. The van der Waals surface area contributed by atoms with Gasteiger partial charge in [0.15, 0.2) is 0 Å². The number of aliphatic hydroxyl groups is 3. The summed E-state index contributed by atoms with van der Waals surface area (Å²) in [7, 11) is 0. The van der Waals surface area contributed by atoms with Crippen molar-refractivity contribution in [3.8, 4) is 0 Å². The van der Waals surface area contributed by atoms with Crippen LogP contribution in [0.3, 0.4) is 0 Å². The maximum Gasteiger partial charge on any atom is 0.222 e. The number of aliphatic hydroxyl groups excluding tert-OH is 3. The standard InChI is InChI=1S/C43H85NO4/c1-3-5-7-9-11-13-15-17-19-20-21-23-25-27-29-31-33-35-37-42(47)41(39-45)44-43(48)38-40(46)36-34-32-30-28-26-24-22-18-16-14-12-10-8-6-4-2/h35,37,40-42,45-47H,3-34,36,38-39H2,1-2H3,(H,44,48)/b37-35+. The number of amides is 1. The first kappa shape index (κ1) is 47.1. The van der Waals surface area contributed by atoms with E-state index in [1.54, 1.807) is 6.08 Å². The Hall–Kier alpha value is -0.910. The molecule has 0 aliphatic carbocycles. The van der Waals surface area contributed by atoms with Crippen LogP contribution < -0.4 is 5.32 Å². The first-order chi connectivity index (χ1) is 23.5. The summed E-state index contributed by atoms with van der Waals surface area (Å²) in [5, 5.41) is 33.2. The van der Waals surface area contributed by atoms with Gasteiger partial charge in [-0.05, 0) is 19.3 Å². The molecule has 0 spiro atoms. The lowest BCUT2D eigenvalue weighted by molar-refractivity contribution is -0.124. The van der Waals surface area contributed by atoms with E-state index in [4.69, 9.17) is 0 Å². The Morgan fingerprint density at radius 3 is 1.21 bits per heavy atom. The van der Waals surface area contributed by atoms with Crippen LogP contribution in [-0.4, -0.2) is 46.1 Å². The number of nitrogens with one attached hydrogen (secondary N) is 1.